The molecule has 7 heteroatoms. The van der Waals surface area contributed by atoms with Crippen molar-refractivity contribution >= 4 is 18.3 Å². The van der Waals surface area contributed by atoms with Gasteiger partial charge in [0.05, 0.1) is 19.2 Å². The summed E-state index contributed by atoms with van der Waals surface area (Å²) in [6.07, 6.45) is 0.893. The molecule has 2 rings (SSSR count). The molecule has 1 atom stereocenters. The number of methoxy groups -OCH3 is 1. The van der Waals surface area contributed by atoms with Crippen molar-refractivity contribution in [3.63, 3.8) is 0 Å². The van der Waals surface area contributed by atoms with Gasteiger partial charge in [-0.05, 0) is 31.9 Å². The summed E-state index contributed by atoms with van der Waals surface area (Å²) in [5.41, 5.74) is 5.30. The molecule has 1 aromatic rings. The van der Waals surface area contributed by atoms with Gasteiger partial charge in [0.1, 0.15) is 6.10 Å². The van der Waals surface area contributed by atoms with E-state index in [2.05, 4.69) is 5.32 Å². The van der Waals surface area contributed by atoms with Crippen LogP contribution in [0.3, 0.4) is 0 Å². The Bertz CT molecular complexity index is 507. The fourth-order valence-electron chi connectivity index (χ4n) is 2.35. The molecule has 1 unspecified atom stereocenters. The highest BCUT2D eigenvalue weighted by molar-refractivity contribution is 5.86. The molecule has 1 aromatic carbocycles. The van der Waals surface area contributed by atoms with E-state index in [-0.39, 0.29) is 24.4 Å². The van der Waals surface area contributed by atoms with Crippen molar-refractivity contribution in [3.05, 3.63) is 24.3 Å². The van der Waals surface area contributed by atoms with Crippen molar-refractivity contribution in [2.24, 2.45) is 5.73 Å². The van der Waals surface area contributed by atoms with E-state index in [1.165, 1.54) is 0 Å². The Balaban J connectivity index is 0.00000264. The average molecular weight is 345 g/mol. The summed E-state index contributed by atoms with van der Waals surface area (Å²) in [6, 6.07) is 7.42. The van der Waals surface area contributed by atoms with Crippen molar-refractivity contribution in [2.75, 3.05) is 26.9 Å². The molecule has 0 saturated carbocycles. The van der Waals surface area contributed by atoms with Crippen LogP contribution >= 0.6 is 12.4 Å². The van der Waals surface area contributed by atoms with Crippen LogP contribution in [-0.4, -0.2) is 44.4 Å². The highest BCUT2D eigenvalue weighted by atomic mass is 35.5. The SMILES string of the molecule is COc1ccccc1OC(C)CNC(=O)C1(N)CCOCC1.Cl. The largest absolute Gasteiger partial charge is 0.493 e. The number of ether oxygens (including phenoxy) is 3. The molecular formula is C16H25ClN2O4. The zero-order valence-corrected chi connectivity index (χ0v) is 14.4. The highest BCUT2D eigenvalue weighted by Crippen LogP contribution is 2.26. The predicted octanol–water partition coefficient (Wildman–Crippen LogP) is 1.51. The van der Waals surface area contributed by atoms with Crippen LogP contribution in [0.4, 0.5) is 0 Å². The van der Waals surface area contributed by atoms with E-state index >= 15 is 0 Å². The van der Waals surface area contributed by atoms with Crippen LogP contribution in [0, 0.1) is 0 Å². The molecule has 23 heavy (non-hydrogen) atoms. The second kappa shape index (κ2) is 8.96. The van der Waals surface area contributed by atoms with Gasteiger partial charge in [0.15, 0.2) is 11.5 Å². The number of hydrogen-bond donors (Lipinski definition) is 2. The molecular weight excluding hydrogens is 320 g/mol. The van der Waals surface area contributed by atoms with Crippen molar-refractivity contribution in [2.45, 2.75) is 31.4 Å². The van der Waals surface area contributed by atoms with Gasteiger partial charge in [0.2, 0.25) is 5.91 Å². The van der Waals surface area contributed by atoms with Crippen LogP contribution in [0.25, 0.3) is 0 Å². The molecule has 0 spiro atoms. The first-order valence-electron chi connectivity index (χ1n) is 7.50. The standard InChI is InChI=1S/C16H24N2O4.ClH/c1-12(22-14-6-4-3-5-13(14)20-2)11-18-15(19)16(17)7-9-21-10-8-16;/h3-6,12H,7-11,17H2,1-2H3,(H,18,19);1H. The summed E-state index contributed by atoms with van der Waals surface area (Å²) in [5, 5.41) is 2.87. The van der Waals surface area contributed by atoms with Crippen LogP contribution in [0.2, 0.25) is 0 Å². The van der Waals surface area contributed by atoms with E-state index < -0.39 is 5.54 Å². The normalized spacial score (nSPS) is 17.5. The van der Waals surface area contributed by atoms with E-state index in [1.807, 2.05) is 31.2 Å². The number of amides is 1. The summed E-state index contributed by atoms with van der Waals surface area (Å²) < 4.78 is 16.3. The molecule has 3 N–H and O–H groups in total. The number of para-hydroxylation sites is 2. The number of hydrogen-bond acceptors (Lipinski definition) is 5. The number of nitrogens with two attached hydrogens (primary N) is 1. The van der Waals surface area contributed by atoms with Crippen LogP contribution in [0.1, 0.15) is 19.8 Å². The van der Waals surface area contributed by atoms with Crippen LogP contribution < -0.4 is 20.5 Å². The third-order valence-electron chi connectivity index (χ3n) is 3.78. The van der Waals surface area contributed by atoms with Gasteiger partial charge in [-0.1, -0.05) is 12.1 Å². The summed E-state index contributed by atoms with van der Waals surface area (Å²) in [6.45, 7) is 3.32. The zero-order valence-electron chi connectivity index (χ0n) is 13.5. The predicted molar refractivity (Wildman–Crippen MR) is 90.3 cm³/mol. The molecule has 0 radical (unpaired) electrons. The number of carbonyl (C=O) groups is 1. The average Bonchev–Trinajstić information content (AvgIpc) is 2.53. The molecule has 1 aliphatic heterocycles. The molecule has 1 amide bonds. The van der Waals surface area contributed by atoms with E-state index in [1.54, 1.807) is 7.11 Å². The Morgan fingerprint density at radius 2 is 1.96 bits per heavy atom. The fraction of sp³-hybridized carbons (Fsp3) is 0.562. The lowest BCUT2D eigenvalue weighted by molar-refractivity contribution is -0.130. The third-order valence-corrected chi connectivity index (χ3v) is 3.78. The minimum absolute atomic E-state index is 0. The molecule has 0 bridgehead atoms. The molecule has 0 aromatic heterocycles. The first-order chi connectivity index (χ1) is 10.5. The smallest absolute Gasteiger partial charge is 0.240 e. The first-order valence-corrected chi connectivity index (χ1v) is 7.50. The van der Waals surface area contributed by atoms with E-state index in [4.69, 9.17) is 19.9 Å². The minimum atomic E-state index is -0.831. The van der Waals surface area contributed by atoms with Gasteiger partial charge in [-0.25, -0.2) is 0 Å². The molecule has 1 saturated heterocycles. The lowest BCUT2D eigenvalue weighted by atomic mass is 9.90. The molecule has 1 heterocycles. The quantitative estimate of drug-likeness (QED) is 0.817. The van der Waals surface area contributed by atoms with Crippen molar-refractivity contribution < 1.29 is 19.0 Å². The van der Waals surface area contributed by atoms with Gasteiger partial charge in [-0.2, -0.15) is 0 Å². The summed E-state index contributed by atoms with van der Waals surface area (Å²) in [4.78, 5) is 12.2. The Morgan fingerprint density at radius 3 is 2.57 bits per heavy atom. The molecule has 1 aliphatic rings. The second-order valence-corrected chi connectivity index (χ2v) is 5.56. The summed E-state index contributed by atoms with van der Waals surface area (Å²) in [7, 11) is 1.60. The Labute approximate surface area is 143 Å². The van der Waals surface area contributed by atoms with E-state index in [0.717, 1.165) is 0 Å². The van der Waals surface area contributed by atoms with E-state index in [9.17, 15) is 4.79 Å². The number of nitrogens with one attached hydrogen (secondary N) is 1. The number of benzene rings is 1. The van der Waals surface area contributed by atoms with Crippen LogP contribution in [0.5, 0.6) is 11.5 Å². The molecule has 130 valence electrons. The zero-order chi connectivity index (χ0) is 16.0. The van der Waals surface area contributed by atoms with Gasteiger partial charge in [0, 0.05) is 13.2 Å². The lowest BCUT2D eigenvalue weighted by Gasteiger charge is -2.32. The number of halogens is 1. The van der Waals surface area contributed by atoms with E-state index in [0.29, 0.717) is 44.1 Å². The summed E-state index contributed by atoms with van der Waals surface area (Å²) >= 11 is 0. The first kappa shape index (κ1) is 19.5. The Morgan fingerprint density at radius 1 is 1.35 bits per heavy atom. The number of carbonyl (C=O) groups excluding carboxylic acids is 1. The number of rotatable bonds is 6. The maximum Gasteiger partial charge on any atom is 0.240 e. The van der Waals surface area contributed by atoms with Crippen molar-refractivity contribution in [1.82, 2.24) is 5.32 Å². The van der Waals surface area contributed by atoms with Gasteiger partial charge in [-0.15, -0.1) is 12.4 Å². The molecule has 0 aliphatic carbocycles. The Hall–Kier alpha value is -1.50. The van der Waals surface area contributed by atoms with Gasteiger partial charge in [0.25, 0.3) is 0 Å². The van der Waals surface area contributed by atoms with Gasteiger partial charge >= 0.3 is 0 Å². The topological polar surface area (TPSA) is 82.8 Å². The fourth-order valence-corrected chi connectivity index (χ4v) is 2.35. The van der Waals surface area contributed by atoms with Gasteiger partial charge in [-0.3, -0.25) is 4.79 Å². The lowest BCUT2D eigenvalue weighted by Crippen LogP contribution is -2.57. The van der Waals surface area contributed by atoms with Crippen LogP contribution in [0.15, 0.2) is 24.3 Å². The van der Waals surface area contributed by atoms with Crippen LogP contribution in [-0.2, 0) is 9.53 Å². The third kappa shape index (κ3) is 5.27. The van der Waals surface area contributed by atoms with Crippen molar-refractivity contribution in [1.29, 1.82) is 0 Å². The molecule has 1 fully saturated rings. The van der Waals surface area contributed by atoms with Gasteiger partial charge < -0.3 is 25.3 Å². The second-order valence-electron chi connectivity index (χ2n) is 5.56. The maximum absolute atomic E-state index is 12.2. The molecule has 6 nitrogen and oxygen atoms in total. The monoisotopic (exact) mass is 344 g/mol. The highest BCUT2D eigenvalue weighted by Gasteiger charge is 2.35. The summed E-state index contributed by atoms with van der Waals surface area (Å²) in [5.74, 6) is 1.17. The minimum Gasteiger partial charge on any atom is -0.493 e. The van der Waals surface area contributed by atoms with Crippen molar-refractivity contribution in [3.8, 4) is 11.5 Å². The maximum atomic E-state index is 12.2. The Kier molecular flexibility index (Phi) is 7.61.